The molecule has 0 bridgehead atoms. The first kappa shape index (κ1) is 19.2. The number of ether oxygens (including phenoxy) is 4. The molecule has 0 spiro atoms. The summed E-state index contributed by atoms with van der Waals surface area (Å²) in [4.78, 5) is 0. The first-order valence-electron chi connectivity index (χ1n) is 9.61. The van der Waals surface area contributed by atoms with Gasteiger partial charge in [-0.05, 0) is 29.8 Å². The molecule has 3 aromatic rings. The fourth-order valence-electron chi connectivity index (χ4n) is 3.72. The first-order valence-corrected chi connectivity index (χ1v) is 9.99. The molecule has 0 amide bonds. The molecule has 0 unspecified atom stereocenters. The smallest absolute Gasteiger partial charge is 0.231 e. The highest BCUT2D eigenvalue weighted by atomic mass is 35.5. The molecule has 2 aliphatic rings. The highest BCUT2D eigenvalue weighted by Crippen LogP contribution is 2.48. The van der Waals surface area contributed by atoms with Gasteiger partial charge in [-0.1, -0.05) is 41.9 Å². The summed E-state index contributed by atoms with van der Waals surface area (Å²) >= 11 is 6.19. The second-order valence-electron chi connectivity index (χ2n) is 7.12. The monoisotopic (exact) mass is 432 g/mol. The highest BCUT2D eigenvalue weighted by Gasteiger charge is 2.33. The lowest BCUT2D eigenvalue weighted by atomic mass is 9.83. The molecule has 3 aromatic carbocycles. The predicted octanol–water partition coefficient (Wildman–Crippen LogP) is 4.87. The molecule has 0 aliphatic carbocycles. The number of nitrogens with two attached hydrogens (primary N) is 1. The molecule has 2 N–H and O–H groups in total. The van der Waals surface area contributed by atoms with Gasteiger partial charge in [0.25, 0.3) is 0 Å². The maximum absolute atomic E-state index is 9.74. The minimum atomic E-state index is -0.388. The average molecular weight is 433 g/mol. The van der Waals surface area contributed by atoms with Gasteiger partial charge >= 0.3 is 0 Å². The summed E-state index contributed by atoms with van der Waals surface area (Å²) in [7, 11) is 0. The predicted molar refractivity (Wildman–Crippen MR) is 114 cm³/mol. The van der Waals surface area contributed by atoms with Crippen molar-refractivity contribution < 1.29 is 18.9 Å². The minimum absolute atomic E-state index is 0.0814. The van der Waals surface area contributed by atoms with Crippen LogP contribution in [0.25, 0.3) is 0 Å². The molecule has 0 radical (unpaired) electrons. The van der Waals surface area contributed by atoms with Gasteiger partial charge in [-0.25, -0.2) is 0 Å². The fourth-order valence-corrected chi connectivity index (χ4v) is 3.91. The van der Waals surface area contributed by atoms with Gasteiger partial charge in [0.1, 0.15) is 29.7 Å². The van der Waals surface area contributed by atoms with E-state index in [4.69, 9.17) is 36.3 Å². The molecule has 2 aliphatic heterocycles. The van der Waals surface area contributed by atoms with E-state index >= 15 is 0 Å². The highest BCUT2D eigenvalue weighted by molar-refractivity contribution is 6.31. The normalized spacial score (nSPS) is 16.3. The van der Waals surface area contributed by atoms with Crippen molar-refractivity contribution in [2.75, 3.05) is 6.79 Å². The Labute approximate surface area is 184 Å². The van der Waals surface area contributed by atoms with Gasteiger partial charge in [0.15, 0.2) is 11.5 Å². The second-order valence-corrected chi connectivity index (χ2v) is 7.52. The Morgan fingerprint density at radius 2 is 1.77 bits per heavy atom. The van der Waals surface area contributed by atoms with E-state index in [1.54, 1.807) is 6.07 Å². The maximum Gasteiger partial charge on any atom is 0.231 e. The number of hydrogen-bond acceptors (Lipinski definition) is 6. The molecule has 1 atom stereocenters. The number of nitriles is 1. The summed E-state index contributed by atoms with van der Waals surface area (Å²) in [6.07, 6.45) is 0. The third-order valence-corrected chi connectivity index (χ3v) is 5.64. The lowest BCUT2D eigenvalue weighted by Gasteiger charge is -2.26. The number of rotatable bonds is 4. The Morgan fingerprint density at radius 1 is 1.03 bits per heavy atom. The molecular weight excluding hydrogens is 416 g/mol. The van der Waals surface area contributed by atoms with Gasteiger partial charge in [-0.3, -0.25) is 0 Å². The molecule has 0 saturated heterocycles. The number of allylic oxidation sites excluding steroid dienone is 1. The number of benzene rings is 3. The summed E-state index contributed by atoms with van der Waals surface area (Å²) in [6.45, 7) is 0.507. The van der Waals surface area contributed by atoms with Crippen molar-refractivity contribution in [2.24, 2.45) is 5.73 Å². The van der Waals surface area contributed by atoms with Crippen molar-refractivity contribution in [1.29, 1.82) is 5.26 Å². The van der Waals surface area contributed by atoms with E-state index < -0.39 is 0 Å². The zero-order valence-corrected chi connectivity index (χ0v) is 17.1. The van der Waals surface area contributed by atoms with Crippen LogP contribution in [0.1, 0.15) is 22.6 Å². The van der Waals surface area contributed by atoms with Gasteiger partial charge < -0.3 is 24.7 Å². The molecule has 5 rings (SSSR count). The van der Waals surface area contributed by atoms with E-state index in [0.29, 0.717) is 40.2 Å². The summed E-state index contributed by atoms with van der Waals surface area (Å²) < 4.78 is 22.5. The van der Waals surface area contributed by atoms with E-state index in [1.165, 1.54) is 0 Å². The van der Waals surface area contributed by atoms with Crippen molar-refractivity contribution in [3.63, 3.8) is 0 Å². The standard InChI is InChI=1S/C24H17ClN2O4/c25-19-4-2-1-3-15(19)12-28-16-7-5-14(6-8-16)23-17-9-21-22(30-13-29-21)10-20(17)31-24(27)18(23)11-26/h1-10,23H,12-13,27H2/t23-/m0/s1. The Morgan fingerprint density at radius 3 is 2.52 bits per heavy atom. The number of fused-ring (bicyclic) bond motifs is 2. The van der Waals surface area contributed by atoms with Crippen LogP contribution in [0.15, 0.2) is 72.1 Å². The van der Waals surface area contributed by atoms with E-state index in [9.17, 15) is 5.26 Å². The summed E-state index contributed by atoms with van der Waals surface area (Å²) in [6, 6.07) is 20.9. The Balaban J connectivity index is 1.45. The molecule has 0 fully saturated rings. The summed E-state index contributed by atoms with van der Waals surface area (Å²) in [5.74, 6) is 2.14. The van der Waals surface area contributed by atoms with Crippen molar-refractivity contribution >= 4 is 11.6 Å². The van der Waals surface area contributed by atoms with Crippen LogP contribution < -0.4 is 24.7 Å². The largest absolute Gasteiger partial charge is 0.489 e. The third kappa shape index (κ3) is 3.49. The van der Waals surface area contributed by atoms with Gasteiger partial charge in [0.05, 0.1) is 5.92 Å². The fraction of sp³-hybridized carbons (Fsp3) is 0.125. The third-order valence-electron chi connectivity index (χ3n) is 5.28. The zero-order valence-electron chi connectivity index (χ0n) is 16.3. The molecular formula is C24H17ClN2O4. The van der Waals surface area contributed by atoms with Crippen molar-refractivity contribution in [3.8, 4) is 29.1 Å². The zero-order chi connectivity index (χ0) is 21.4. The molecule has 0 saturated carbocycles. The molecule has 7 heteroatoms. The van der Waals surface area contributed by atoms with Crippen LogP contribution in [0.4, 0.5) is 0 Å². The molecule has 154 valence electrons. The van der Waals surface area contributed by atoms with Crippen molar-refractivity contribution in [3.05, 3.63) is 93.8 Å². The summed E-state index contributed by atoms with van der Waals surface area (Å²) in [5, 5.41) is 10.4. The van der Waals surface area contributed by atoms with Crippen LogP contribution >= 0.6 is 11.6 Å². The number of hydrogen-bond donors (Lipinski definition) is 1. The van der Waals surface area contributed by atoms with Crippen LogP contribution in [-0.2, 0) is 6.61 Å². The lowest BCUT2D eigenvalue weighted by Crippen LogP contribution is -2.21. The van der Waals surface area contributed by atoms with Crippen molar-refractivity contribution in [1.82, 2.24) is 0 Å². The lowest BCUT2D eigenvalue weighted by molar-refractivity contribution is 0.174. The van der Waals surface area contributed by atoms with E-state index in [2.05, 4.69) is 6.07 Å². The molecule has 0 aromatic heterocycles. The Hall–Kier alpha value is -3.82. The second kappa shape index (κ2) is 7.78. The Kier molecular flexibility index (Phi) is 4.81. The van der Waals surface area contributed by atoms with E-state index in [0.717, 1.165) is 16.7 Å². The topological polar surface area (TPSA) is 86.7 Å². The van der Waals surface area contributed by atoms with Crippen LogP contribution in [0.5, 0.6) is 23.0 Å². The van der Waals surface area contributed by atoms with E-state index in [1.807, 2.05) is 54.6 Å². The van der Waals surface area contributed by atoms with Crippen LogP contribution in [0.2, 0.25) is 5.02 Å². The van der Waals surface area contributed by atoms with Gasteiger partial charge in [0.2, 0.25) is 12.7 Å². The minimum Gasteiger partial charge on any atom is -0.489 e. The first-order chi connectivity index (χ1) is 15.1. The SMILES string of the molecule is N#CC1=C(N)Oc2cc3c(cc2[C@@H]1c1ccc(OCc2ccccc2Cl)cc1)OCO3. The quantitative estimate of drug-likeness (QED) is 0.633. The van der Waals surface area contributed by atoms with Crippen LogP contribution in [-0.4, -0.2) is 6.79 Å². The van der Waals surface area contributed by atoms with Crippen molar-refractivity contribution in [2.45, 2.75) is 12.5 Å². The number of nitrogens with zero attached hydrogens (tertiary/aromatic N) is 1. The molecule has 2 heterocycles. The van der Waals surface area contributed by atoms with Gasteiger partial charge in [-0.2, -0.15) is 5.26 Å². The van der Waals surface area contributed by atoms with Gasteiger partial charge in [0, 0.05) is 22.2 Å². The molecule has 31 heavy (non-hydrogen) atoms. The maximum atomic E-state index is 9.74. The molecule has 6 nitrogen and oxygen atoms in total. The number of halogens is 1. The summed E-state index contributed by atoms with van der Waals surface area (Å²) in [5.41, 5.74) is 8.98. The Bertz CT molecular complexity index is 1230. The van der Waals surface area contributed by atoms with E-state index in [-0.39, 0.29) is 18.6 Å². The average Bonchev–Trinajstić information content (AvgIpc) is 3.24. The van der Waals surface area contributed by atoms with Gasteiger partial charge in [-0.15, -0.1) is 0 Å². The van der Waals surface area contributed by atoms with Crippen LogP contribution in [0.3, 0.4) is 0 Å². The van der Waals surface area contributed by atoms with Crippen LogP contribution in [0, 0.1) is 11.3 Å².